The van der Waals surface area contributed by atoms with Crippen molar-refractivity contribution >= 4 is 28.3 Å². The van der Waals surface area contributed by atoms with Crippen LogP contribution in [0.2, 0.25) is 0 Å². The van der Waals surface area contributed by atoms with Crippen molar-refractivity contribution in [1.29, 1.82) is 0 Å². The molecule has 0 aliphatic heterocycles. The molecule has 0 aliphatic rings. The lowest BCUT2D eigenvalue weighted by atomic mass is 10.0. The molecule has 1 aromatic carbocycles. The van der Waals surface area contributed by atoms with Gasteiger partial charge in [0.15, 0.2) is 0 Å². The molecule has 132 valence electrons. The van der Waals surface area contributed by atoms with Gasteiger partial charge in [-0.3, -0.25) is 4.79 Å². The first-order chi connectivity index (χ1) is 10.2. The first-order valence-corrected chi connectivity index (χ1v) is 8.64. The van der Waals surface area contributed by atoms with Gasteiger partial charge in [0.2, 0.25) is 15.9 Å². The minimum absolute atomic E-state index is 0. The third-order valence-electron chi connectivity index (χ3n) is 3.25. The van der Waals surface area contributed by atoms with Gasteiger partial charge in [-0.15, -0.1) is 12.4 Å². The van der Waals surface area contributed by atoms with Crippen molar-refractivity contribution in [3.63, 3.8) is 0 Å². The van der Waals surface area contributed by atoms with Crippen LogP contribution in [0.15, 0.2) is 29.2 Å². The highest BCUT2D eigenvalue weighted by atomic mass is 35.5. The second-order valence-electron chi connectivity index (χ2n) is 5.85. The summed E-state index contributed by atoms with van der Waals surface area (Å²) >= 11 is 0. The number of nitrogens with two attached hydrogens (primary N) is 1. The standard InChI is InChI=1S/C15H25N3O3S.ClH/c1-11(2)9-13(16)15(19)17-10-12-7-5-6-8-14(12)22(20,21)18(3)4;/h5-8,11,13H,9-10,16H2,1-4H3,(H,17,19);1H/t13-;/m0./s1. The fourth-order valence-corrected chi connectivity index (χ4v) is 3.14. The second kappa shape index (κ2) is 9.22. The molecule has 6 nitrogen and oxygen atoms in total. The third kappa shape index (κ3) is 6.10. The van der Waals surface area contributed by atoms with E-state index in [1.54, 1.807) is 18.2 Å². The molecule has 0 radical (unpaired) electrons. The molecule has 0 aromatic heterocycles. The van der Waals surface area contributed by atoms with E-state index in [4.69, 9.17) is 5.73 Å². The summed E-state index contributed by atoms with van der Waals surface area (Å²) in [5, 5.41) is 2.71. The first kappa shape index (κ1) is 21.9. The zero-order valence-electron chi connectivity index (χ0n) is 13.9. The zero-order chi connectivity index (χ0) is 16.9. The van der Waals surface area contributed by atoms with Crippen LogP contribution in [0.25, 0.3) is 0 Å². The van der Waals surface area contributed by atoms with Crippen molar-refractivity contribution in [2.45, 2.75) is 37.8 Å². The van der Waals surface area contributed by atoms with Gasteiger partial charge in [0.1, 0.15) is 0 Å². The van der Waals surface area contributed by atoms with Crippen molar-refractivity contribution in [3.8, 4) is 0 Å². The van der Waals surface area contributed by atoms with Crippen LogP contribution in [0.1, 0.15) is 25.8 Å². The van der Waals surface area contributed by atoms with Gasteiger partial charge in [0.25, 0.3) is 0 Å². The van der Waals surface area contributed by atoms with Crippen LogP contribution in [0.4, 0.5) is 0 Å². The number of benzene rings is 1. The van der Waals surface area contributed by atoms with E-state index in [9.17, 15) is 13.2 Å². The van der Waals surface area contributed by atoms with E-state index < -0.39 is 16.1 Å². The molecule has 0 fully saturated rings. The number of amides is 1. The highest BCUT2D eigenvalue weighted by molar-refractivity contribution is 7.89. The minimum Gasteiger partial charge on any atom is -0.351 e. The van der Waals surface area contributed by atoms with Crippen LogP contribution < -0.4 is 11.1 Å². The monoisotopic (exact) mass is 363 g/mol. The molecule has 0 heterocycles. The number of hydrogen-bond acceptors (Lipinski definition) is 4. The summed E-state index contributed by atoms with van der Waals surface area (Å²) in [6, 6.07) is 6.03. The summed E-state index contributed by atoms with van der Waals surface area (Å²) in [5.74, 6) is 0.0490. The summed E-state index contributed by atoms with van der Waals surface area (Å²) in [4.78, 5) is 12.1. The van der Waals surface area contributed by atoms with Crippen LogP contribution >= 0.6 is 12.4 Å². The highest BCUT2D eigenvalue weighted by Crippen LogP contribution is 2.18. The molecule has 1 amide bonds. The van der Waals surface area contributed by atoms with Gasteiger partial charge in [-0.2, -0.15) is 0 Å². The fraction of sp³-hybridized carbons (Fsp3) is 0.533. The summed E-state index contributed by atoms with van der Waals surface area (Å²) in [6.07, 6.45) is 0.587. The SMILES string of the molecule is CC(C)C[C@H](N)C(=O)NCc1ccccc1S(=O)(=O)N(C)C.Cl. The van der Waals surface area contributed by atoms with Crippen molar-refractivity contribution in [2.75, 3.05) is 14.1 Å². The Morgan fingerprint density at radius 2 is 1.83 bits per heavy atom. The van der Waals surface area contributed by atoms with Gasteiger partial charge in [-0.1, -0.05) is 32.0 Å². The van der Waals surface area contributed by atoms with E-state index in [0.29, 0.717) is 17.9 Å². The molecule has 23 heavy (non-hydrogen) atoms. The van der Waals surface area contributed by atoms with E-state index in [1.807, 2.05) is 13.8 Å². The Kier molecular flexibility index (Phi) is 8.76. The minimum atomic E-state index is -3.54. The molecule has 0 unspecified atom stereocenters. The Hall–Kier alpha value is -1.15. The van der Waals surface area contributed by atoms with Gasteiger partial charge in [-0.05, 0) is 24.0 Å². The Morgan fingerprint density at radius 1 is 1.26 bits per heavy atom. The maximum absolute atomic E-state index is 12.3. The molecule has 0 saturated heterocycles. The quantitative estimate of drug-likeness (QED) is 0.764. The van der Waals surface area contributed by atoms with Gasteiger partial charge in [-0.25, -0.2) is 12.7 Å². The fourth-order valence-electron chi connectivity index (χ4n) is 2.03. The second-order valence-corrected chi connectivity index (χ2v) is 7.97. The summed E-state index contributed by atoms with van der Waals surface area (Å²) in [7, 11) is -0.593. The normalized spacial score (nSPS) is 12.8. The predicted molar refractivity (Wildman–Crippen MR) is 93.8 cm³/mol. The average molecular weight is 364 g/mol. The molecule has 0 bridgehead atoms. The van der Waals surface area contributed by atoms with Crippen molar-refractivity contribution in [1.82, 2.24) is 9.62 Å². The first-order valence-electron chi connectivity index (χ1n) is 7.20. The largest absolute Gasteiger partial charge is 0.351 e. The smallest absolute Gasteiger partial charge is 0.242 e. The molecular formula is C15H26ClN3O3S. The lowest BCUT2D eigenvalue weighted by Gasteiger charge is -2.17. The van der Waals surface area contributed by atoms with Crippen LogP contribution in [0.3, 0.4) is 0 Å². The van der Waals surface area contributed by atoms with Crippen LogP contribution in [-0.2, 0) is 21.4 Å². The Labute approximate surface area is 144 Å². The topological polar surface area (TPSA) is 92.5 Å². The summed E-state index contributed by atoms with van der Waals surface area (Å²) < 4.78 is 25.7. The maximum Gasteiger partial charge on any atom is 0.242 e. The molecular weight excluding hydrogens is 338 g/mol. The lowest BCUT2D eigenvalue weighted by Crippen LogP contribution is -2.41. The summed E-state index contributed by atoms with van der Waals surface area (Å²) in [5.41, 5.74) is 6.36. The lowest BCUT2D eigenvalue weighted by molar-refractivity contribution is -0.122. The molecule has 1 atom stereocenters. The number of carbonyl (C=O) groups is 1. The van der Waals surface area contributed by atoms with E-state index in [0.717, 1.165) is 4.31 Å². The third-order valence-corrected chi connectivity index (χ3v) is 5.16. The number of rotatable bonds is 7. The van der Waals surface area contributed by atoms with Crippen molar-refractivity contribution < 1.29 is 13.2 Å². The predicted octanol–water partition coefficient (Wildman–Crippen LogP) is 1.35. The highest BCUT2D eigenvalue weighted by Gasteiger charge is 2.21. The van der Waals surface area contributed by atoms with Crippen LogP contribution in [-0.4, -0.2) is 38.8 Å². The number of nitrogens with one attached hydrogen (secondary N) is 1. The van der Waals surface area contributed by atoms with Gasteiger partial charge in [0, 0.05) is 20.6 Å². The molecule has 0 spiro atoms. The molecule has 1 rings (SSSR count). The zero-order valence-corrected chi connectivity index (χ0v) is 15.6. The number of hydrogen-bond donors (Lipinski definition) is 2. The van der Waals surface area contributed by atoms with E-state index >= 15 is 0 Å². The maximum atomic E-state index is 12.3. The Bertz CT molecular complexity index is 618. The van der Waals surface area contributed by atoms with Gasteiger partial charge in [0.05, 0.1) is 10.9 Å². The number of halogens is 1. The Morgan fingerprint density at radius 3 is 2.35 bits per heavy atom. The number of nitrogens with zero attached hydrogens (tertiary/aromatic N) is 1. The molecule has 0 saturated carbocycles. The number of carbonyl (C=O) groups excluding carboxylic acids is 1. The Balaban J connectivity index is 0.00000484. The van der Waals surface area contributed by atoms with Gasteiger partial charge >= 0.3 is 0 Å². The van der Waals surface area contributed by atoms with E-state index in [1.165, 1.54) is 20.2 Å². The molecule has 0 aliphatic carbocycles. The van der Waals surface area contributed by atoms with Crippen LogP contribution in [0, 0.1) is 5.92 Å². The van der Waals surface area contributed by atoms with Gasteiger partial charge < -0.3 is 11.1 Å². The van der Waals surface area contributed by atoms with Crippen molar-refractivity contribution in [2.24, 2.45) is 11.7 Å². The van der Waals surface area contributed by atoms with Crippen LogP contribution in [0.5, 0.6) is 0 Å². The average Bonchev–Trinajstić information content (AvgIpc) is 2.44. The summed E-state index contributed by atoms with van der Waals surface area (Å²) in [6.45, 7) is 4.12. The van der Waals surface area contributed by atoms with E-state index in [2.05, 4.69) is 5.32 Å². The molecule has 3 N–H and O–H groups in total. The van der Waals surface area contributed by atoms with Crippen molar-refractivity contribution in [3.05, 3.63) is 29.8 Å². The number of sulfonamides is 1. The van der Waals surface area contributed by atoms with E-state index in [-0.39, 0.29) is 29.8 Å². The molecule has 8 heteroatoms. The molecule has 1 aromatic rings.